The van der Waals surface area contributed by atoms with E-state index in [0.717, 1.165) is 6.42 Å². The molecule has 0 saturated heterocycles. The minimum absolute atomic E-state index is 0.126. The Morgan fingerprint density at radius 3 is 2.52 bits per heavy atom. The molecule has 2 heteroatoms. The first-order valence-corrected chi connectivity index (χ1v) is 7.40. The van der Waals surface area contributed by atoms with Crippen molar-refractivity contribution in [3.8, 4) is 0 Å². The molecule has 0 saturated carbocycles. The van der Waals surface area contributed by atoms with Crippen LogP contribution in [0.25, 0.3) is 5.57 Å². The van der Waals surface area contributed by atoms with E-state index in [1.807, 2.05) is 18.2 Å². The molecule has 0 radical (unpaired) electrons. The van der Waals surface area contributed by atoms with Crippen LogP contribution in [0, 0.1) is 0 Å². The van der Waals surface area contributed by atoms with E-state index in [1.54, 1.807) is 0 Å². The van der Waals surface area contributed by atoms with Crippen molar-refractivity contribution in [3.63, 3.8) is 0 Å². The molecular weight excluding hydrogens is 258 g/mol. The first-order valence-electron chi connectivity index (χ1n) is 7.40. The predicted octanol–water partition coefficient (Wildman–Crippen LogP) is 4.34. The van der Waals surface area contributed by atoms with Crippen molar-refractivity contribution in [2.45, 2.75) is 25.3 Å². The number of rotatable bonds is 1. The number of benzene rings is 2. The van der Waals surface area contributed by atoms with E-state index >= 15 is 0 Å². The minimum Gasteiger partial charge on any atom is -0.331 e. The molecule has 0 spiro atoms. The quantitative estimate of drug-likeness (QED) is 0.771. The van der Waals surface area contributed by atoms with Crippen LogP contribution < -0.4 is 4.90 Å². The van der Waals surface area contributed by atoms with Crippen molar-refractivity contribution >= 4 is 22.7 Å². The van der Waals surface area contributed by atoms with Crippen LogP contribution in [0.5, 0.6) is 0 Å². The summed E-state index contributed by atoms with van der Waals surface area (Å²) < 4.78 is 0. The predicted molar refractivity (Wildman–Crippen MR) is 85.6 cm³/mol. The van der Waals surface area contributed by atoms with Crippen LogP contribution in [0.1, 0.15) is 25.3 Å². The van der Waals surface area contributed by atoms with Gasteiger partial charge < -0.3 is 4.90 Å². The van der Waals surface area contributed by atoms with Crippen LogP contribution in [-0.2, 0) is 4.79 Å². The highest BCUT2D eigenvalue weighted by Crippen LogP contribution is 2.54. The Morgan fingerprint density at radius 1 is 1.00 bits per heavy atom. The maximum atomic E-state index is 11.9. The Labute approximate surface area is 124 Å². The topological polar surface area (TPSA) is 20.3 Å². The smallest absolute Gasteiger partial charge is 0.156 e. The van der Waals surface area contributed by atoms with Gasteiger partial charge in [-0.3, -0.25) is 4.79 Å². The molecule has 104 valence electrons. The molecule has 1 atom stereocenters. The van der Waals surface area contributed by atoms with Crippen molar-refractivity contribution in [1.82, 2.24) is 0 Å². The summed E-state index contributed by atoms with van der Waals surface area (Å²) in [4.78, 5) is 14.3. The second kappa shape index (κ2) is 4.32. The van der Waals surface area contributed by atoms with E-state index in [-0.39, 0.29) is 11.3 Å². The monoisotopic (exact) mass is 275 g/mol. The van der Waals surface area contributed by atoms with Crippen LogP contribution in [0.2, 0.25) is 0 Å². The van der Waals surface area contributed by atoms with E-state index in [0.29, 0.717) is 6.42 Å². The number of fused-ring (bicyclic) bond motifs is 3. The van der Waals surface area contributed by atoms with Gasteiger partial charge in [-0.15, -0.1) is 0 Å². The number of hydrogen-bond donors (Lipinski definition) is 0. The zero-order valence-electron chi connectivity index (χ0n) is 12.0. The summed E-state index contributed by atoms with van der Waals surface area (Å²) in [7, 11) is 0. The molecule has 1 aliphatic carbocycles. The van der Waals surface area contributed by atoms with E-state index in [2.05, 4.69) is 54.3 Å². The summed E-state index contributed by atoms with van der Waals surface area (Å²) in [5, 5.41) is 0. The van der Waals surface area contributed by atoms with Crippen LogP contribution in [0.3, 0.4) is 0 Å². The van der Waals surface area contributed by atoms with Gasteiger partial charge in [0.2, 0.25) is 0 Å². The number of carbonyl (C=O) groups excluding carboxylic acids is 1. The average molecular weight is 275 g/mol. The molecular formula is C19H17NO. The summed E-state index contributed by atoms with van der Waals surface area (Å²) in [6, 6.07) is 18.8. The van der Waals surface area contributed by atoms with Gasteiger partial charge in [-0.1, -0.05) is 36.4 Å². The Kier molecular flexibility index (Phi) is 2.55. The van der Waals surface area contributed by atoms with E-state index in [4.69, 9.17) is 0 Å². The summed E-state index contributed by atoms with van der Waals surface area (Å²) in [5.74, 6) is 0.243. The molecule has 0 N–H and O–H groups in total. The fraction of sp³-hybridized carbons (Fsp3) is 0.211. The number of nitrogens with zero attached hydrogens (tertiary/aromatic N) is 1. The highest BCUT2D eigenvalue weighted by molar-refractivity contribution is 6.06. The van der Waals surface area contributed by atoms with Gasteiger partial charge in [0.15, 0.2) is 5.78 Å². The number of ketones is 1. The highest BCUT2D eigenvalue weighted by Gasteiger charge is 2.46. The first kappa shape index (κ1) is 12.4. The molecule has 2 nitrogen and oxygen atoms in total. The fourth-order valence-electron chi connectivity index (χ4n) is 3.65. The number of carbonyl (C=O) groups is 1. The third-order valence-corrected chi connectivity index (χ3v) is 4.69. The van der Waals surface area contributed by atoms with Crippen molar-refractivity contribution in [1.29, 1.82) is 0 Å². The third kappa shape index (κ3) is 1.69. The second-order valence-electron chi connectivity index (χ2n) is 5.99. The maximum Gasteiger partial charge on any atom is 0.156 e. The normalized spacial score (nSPS) is 23.6. The fourth-order valence-corrected chi connectivity index (χ4v) is 3.65. The molecule has 1 unspecified atom stereocenters. The maximum absolute atomic E-state index is 11.9. The number of hydrogen-bond acceptors (Lipinski definition) is 2. The lowest BCUT2D eigenvalue weighted by Gasteiger charge is -2.40. The number of anilines is 2. The molecule has 0 bridgehead atoms. The van der Waals surface area contributed by atoms with Gasteiger partial charge in [-0.2, -0.15) is 0 Å². The largest absolute Gasteiger partial charge is 0.331 e. The molecule has 4 rings (SSSR count). The molecule has 2 aromatic carbocycles. The van der Waals surface area contributed by atoms with Crippen LogP contribution in [-0.4, -0.2) is 11.3 Å². The molecule has 1 aliphatic heterocycles. The van der Waals surface area contributed by atoms with Gasteiger partial charge in [-0.05, 0) is 43.2 Å². The molecule has 21 heavy (non-hydrogen) atoms. The van der Waals surface area contributed by atoms with Crippen LogP contribution >= 0.6 is 0 Å². The molecule has 2 aliphatic rings. The Bertz CT molecular complexity index is 747. The van der Waals surface area contributed by atoms with Gasteiger partial charge in [0.1, 0.15) is 0 Å². The van der Waals surface area contributed by atoms with Crippen molar-refractivity contribution in [2.75, 3.05) is 4.90 Å². The van der Waals surface area contributed by atoms with E-state index < -0.39 is 0 Å². The molecule has 0 fully saturated rings. The zero-order chi connectivity index (χ0) is 14.4. The number of para-hydroxylation sites is 2. The van der Waals surface area contributed by atoms with Crippen molar-refractivity contribution in [3.05, 3.63) is 66.2 Å². The van der Waals surface area contributed by atoms with Gasteiger partial charge in [0.25, 0.3) is 0 Å². The lowest BCUT2D eigenvalue weighted by Crippen LogP contribution is -2.42. The number of allylic oxidation sites excluding steroid dienone is 1. The van der Waals surface area contributed by atoms with Gasteiger partial charge >= 0.3 is 0 Å². The Hall–Kier alpha value is -2.35. The van der Waals surface area contributed by atoms with Crippen LogP contribution in [0.4, 0.5) is 11.4 Å². The van der Waals surface area contributed by atoms with Crippen molar-refractivity contribution in [2.24, 2.45) is 0 Å². The SMILES string of the molecule is CC12CCC(=O)C=C1c1ccccc1N2c1ccccc1. The molecule has 0 aromatic heterocycles. The molecule has 2 aromatic rings. The summed E-state index contributed by atoms with van der Waals surface area (Å²) >= 11 is 0. The lowest BCUT2D eigenvalue weighted by atomic mass is 9.80. The van der Waals surface area contributed by atoms with E-state index in [9.17, 15) is 4.79 Å². The van der Waals surface area contributed by atoms with Crippen LogP contribution in [0.15, 0.2) is 60.7 Å². The highest BCUT2D eigenvalue weighted by atomic mass is 16.1. The Morgan fingerprint density at radius 2 is 1.71 bits per heavy atom. The summed E-state index contributed by atoms with van der Waals surface area (Å²) in [6.07, 6.45) is 3.34. The van der Waals surface area contributed by atoms with Gasteiger partial charge in [0.05, 0.1) is 5.54 Å². The first-order chi connectivity index (χ1) is 10.2. The van der Waals surface area contributed by atoms with Gasteiger partial charge in [-0.25, -0.2) is 0 Å². The second-order valence-corrected chi connectivity index (χ2v) is 5.99. The summed E-state index contributed by atoms with van der Waals surface area (Å²) in [6.45, 7) is 2.25. The minimum atomic E-state index is -0.126. The molecule has 0 amide bonds. The lowest BCUT2D eigenvalue weighted by molar-refractivity contribution is -0.115. The van der Waals surface area contributed by atoms with E-state index in [1.165, 1.54) is 22.5 Å². The summed E-state index contributed by atoms with van der Waals surface area (Å²) in [5.41, 5.74) is 4.62. The standard InChI is InChI=1S/C19H17NO/c1-19-12-11-15(21)13-17(19)16-9-5-6-10-18(16)20(19)14-7-3-2-4-8-14/h2-10,13H,11-12H2,1H3. The third-order valence-electron chi connectivity index (χ3n) is 4.69. The zero-order valence-corrected chi connectivity index (χ0v) is 12.0. The Balaban J connectivity index is 1.99. The van der Waals surface area contributed by atoms with Crippen molar-refractivity contribution < 1.29 is 4.79 Å². The average Bonchev–Trinajstić information content (AvgIpc) is 2.77. The van der Waals surface area contributed by atoms with Gasteiger partial charge in [0, 0.05) is 23.4 Å². The molecule has 1 heterocycles.